The van der Waals surface area contributed by atoms with Crippen LogP contribution < -0.4 is 10.9 Å². The van der Waals surface area contributed by atoms with Crippen LogP contribution >= 0.6 is 11.3 Å². The van der Waals surface area contributed by atoms with Crippen molar-refractivity contribution in [2.45, 2.75) is 18.9 Å². The predicted molar refractivity (Wildman–Crippen MR) is 89.9 cm³/mol. The van der Waals surface area contributed by atoms with E-state index in [0.29, 0.717) is 11.6 Å². The van der Waals surface area contributed by atoms with Crippen molar-refractivity contribution in [1.29, 1.82) is 0 Å². The van der Waals surface area contributed by atoms with Crippen molar-refractivity contribution < 1.29 is 9.59 Å². The number of amides is 2. The van der Waals surface area contributed by atoms with Crippen molar-refractivity contribution in [3.63, 3.8) is 0 Å². The summed E-state index contributed by atoms with van der Waals surface area (Å²) < 4.78 is 0. The molecule has 120 valence electrons. The molecule has 1 fully saturated rings. The van der Waals surface area contributed by atoms with Crippen LogP contribution in [0.1, 0.15) is 34.1 Å². The molecule has 0 radical (unpaired) electrons. The molecule has 1 aromatic carbocycles. The number of carbonyl (C=O) groups is 2. The fourth-order valence-corrected chi connectivity index (χ4v) is 3.73. The largest absolute Gasteiger partial charge is 0.287 e. The number of benzene rings is 1. The molecule has 1 saturated heterocycles. The zero-order chi connectivity index (χ0) is 16.1. The molecule has 0 saturated carbocycles. The summed E-state index contributed by atoms with van der Waals surface area (Å²) in [6.07, 6.45) is 2.16. The topological polar surface area (TPSA) is 61.4 Å². The van der Waals surface area contributed by atoms with Crippen molar-refractivity contribution in [2.75, 3.05) is 13.1 Å². The lowest BCUT2D eigenvalue weighted by atomic mass is 10.2. The molecule has 0 aliphatic carbocycles. The highest BCUT2D eigenvalue weighted by atomic mass is 32.1. The van der Waals surface area contributed by atoms with Crippen LogP contribution in [0.25, 0.3) is 0 Å². The Morgan fingerprint density at radius 2 is 1.96 bits per heavy atom. The molecule has 2 aromatic rings. The molecule has 0 bridgehead atoms. The fourth-order valence-electron chi connectivity index (χ4n) is 2.83. The van der Waals surface area contributed by atoms with E-state index in [9.17, 15) is 9.59 Å². The minimum absolute atomic E-state index is 0.197. The Morgan fingerprint density at radius 3 is 2.70 bits per heavy atom. The van der Waals surface area contributed by atoms with Gasteiger partial charge in [0.05, 0.1) is 6.54 Å². The highest BCUT2D eigenvalue weighted by molar-refractivity contribution is 7.10. The third kappa shape index (κ3) is 3.97. The van der Waals surface area contributed by atoms with Gasteiger partial charge in [-0.05, 0) is 43.0 Å². The van der Waals surface area contributed by atoms with Gasteiger partial charge in [0.1, 0.15) is 0 Å². The smallest absolute Gasteiger partial charge is 0.269 e. The minimum Gasteiger partial charge on any atom is -0.287 e. The number of rotatable bonds is 4. The van der Waals surface area contributed by atoms with Crippen molar-refractivity contribution in [1.82, 2.24) is 15.8 Å². The van der Waals surface area contributed by atoms with Crippen LogP contribution in [0.5, 0.6) is 0 Å². The molecule has 6 heteroatoms. The molecule has 2 N–H and O–H groups in total. The second kappa shape index (κ2) is 7.39. The number of hydrazine groups is 1. The van der Waals surface area contributed by atoms with Crippen molar-refractivity contribution in [2.24, 2.45) is 0 Å². The summed E-state index contributed by atoms with van der Waals surface area (Å²) in [6.45, 7) is 1.19. The first-order chi connectivity index (χ1) is 11.2. The zero-order valence-corrected chi connectivity index (χ0v) is 13.5. The second-order valence-electron chi connectivity index (χ2n) is 5.51. The summed E-state index contributed by atoms with van der Waals surface area (Å²) in [5, 5.41) is 2.06. The van der Waals surface area contributed by atoms with Gasteiger partial charge in [0, 0.05) is 16.5 Å². The summed E-state index contributed by atoms with van der Waals surface area (Å²) in [5.74, 6) is -0.507. The van der Waals surface area contributed by atoms with E-state index >= 15 is 0 Å². The molecule has 1 aliphatic heterocycles. The number of likely N-dealkylation sites (tertiary alicyclic amines) is 1. The highest BCUT2D eigenvalue weighted by Crippen LogP contribution is 2.33. The van der Waals surface area contributed by atoms with E-state index in [0.717, 1.165) is 19.4 Å². The van der Waals surface area contributed by atoms with Gasteiger partial charge in [0.2, 0.25) is 0 Å². The lowest BCUT2D eigenvalue weighted by molar-refractivity contribution is -0.123. The highest BCUT2D eigenvalue weighted by Gasteiger charge is 2.28. The van der Waals surface area contributed by atoms with E-state index in [-0.39, 0.29) is 18.4 Å². The molecule has 1 aromatic heterocycles. The fraction of sp³-hybridized carbons (Fsp3) is 0.294. The summed E-state index contributed by atoms with van der Waals surface area (Å²) >= 11 is 1.72. The summed E-state index contributed by atoms with van der Waals surface area (Å²) in [7, 11) is 0. The van der Waals surface area contributed by atoms with Crippen LogP contribution in [-0.4, -0.2) is 29.8 Å². The summed E-state index contributed by atoms with van der Waals surface area (Å²) in [5.41, 5.74) is 5.48. The molecule has 2 amide bonds. The van der Waals surface area contributed by atoms with E-state index in [1.54, 1.807) is 35.6 Å². The molecule has 1 aliphatic rings. The van der Waals surface area contributed by atoms with Gasteiger partial charge in [-0.25, -0.2) is 0 Å². The summed E-state index contributed by atoms with van der Waals surface area (Å²) in [4.78, 5) is 27.4. The Bertz CT molecular complexity index is 658. The average molecular weight is 329 g/mol. The Kier molecular flexibility index (Phi) is 5.05. The van der Waals surface area contributed by atoms with Gasteiger partial charge >= 0.3 is 0 Å². The number of hydrogen-bond acceptors (Lipinski definition) is 4. The molecule has 23 heavy (non-hydrogen) atoms. The van der Waals surface area contributed by atoms with Gasteiger partial charge in [-0.2, -0.15) is 0 Å². The van der Waals surface area contributed by atoms with Gasteiger partial charge in [0.15, 0.2) is 0 Å². The number of thiophene rings is 1. The Balaban J connectivity index is 1.50. The maximum Gasteiger partial charge on any atom is 0.269 e. The van der Waals surface area contributed by atoms with Crippen LogP contribution in [0.15, 0.2) is 47.8 Å². The second-order valence-corrected chi connectivity index (χ2v) is 6.49. The molecular weight excluding hydrogens is 310 g/mol. The van der Waals surface area contributed by atoms with Crippen molar-refractivity contribution in [3.05, 3.63) is 58.3 Å². The third-order valence-corrected chi connectivity index (χ3v) is 4.91. The summed E-state index contributed by atoms with van der Waals surface area (Å²) in [6, 6.07) is 13.3. The molecule has 0 spiro atoms. The van der Waals surface area contributed by atoms with Crippen LogP contribution in [-0.2, 0) is 4.79 Å². The standard InChI is InChI=1S/C17H19N3O2S/c21-16(18-19-17(22)13-6-2-1-3-7-13)12-20-10-4-8-14(20)15-9-5-11-23-15/h1-3,5-7,9,11,14H,4,8,10,12H2,(H,18,21)(H,19,22)/t14-/m1/s1. The lowest BCUT2D eigenvalue weighted by Crippen LogP contribution is -2.46. The molecule has 3 rings (SSSR count). The normalized spacial score (nSPS) is 17.8. The van der Waals surface area contributed by atoms with E-state index in [2.05, 4.69) is 27.2 Å². The number of nitrogens with one attached hydrogen (secondary N) is 2. The molecule has 5 nitrogen and oxygen atoms in total. The molecule has 1 atom stereocenters. The maximum atomic E-state index is 12.1. The predicted octanol–water partition coefficient (Wildman–Crippen LogP) is 2.35. The average Bonchev–Trinajstić information content (AvgIpc) is 3.24. The van der Waals surface area contributed by atoms with Gasteiger partial charge in [-0.3, -0.25) is 25.3 Å². The van der Waals surface area contributed by atoms with Crippen LogP contribution in [0.4, 0.5) is 0 Å². The first-order valence-electron chi connectivity index (χ1n) is 7.66. The van der Waals surface area contributed by atoms with Crippen molar-refractivity contribution >= 4 is 23.2 Å². The van der Waals surface area contributed by atoms with E-state index < -0.39 is 0 Å². The van der Waals surface area contributed by atoms with Gasteiger partial charge in [0.25, 0.3) is 11.8 Å². The first-order valence-corrected chi connectivity index (χ1v) is 8.53. The zero-order valence-electron chi connectivity index (χ0n) is 12.7. The monoisotopic (exact) mass is 329 g/mol. The number of nitrogens with zero attached hydrogens (tertiary/aromatic N) is 1. The Labute approximate surface area is 139 Å². The molecule has 2 heterocycles. The number of carbonyl (C=O) groups excluding carboxylic acids is 2. The van der Waals surface area contributed by atoms with E-state index in [1.165, 1.54) is 4.88 Å². The van der Waals surface area contributed by atoms with Crippen molar-refractivity contribution in [3.8, 4) is 0 Å². The van der Waals surface area contributed by atoms with E-state index in [4.69, 9.17) is 0 Å². The lowest BCUT2D eigenvalue weighted by Gasteiger charge is -2.22. The van der Waals surface area contributed by atoms with Gasteiger partial charge in [-0.1, -0.05) is 24.3 Å². The first kappa shape index (κ1) is 15.7. The van der Waals surface area contributed by atoms with E-state index in [1.807, 2.05) is 12.1 Å². The van der Waals surface area contributed by atoms with Gasteiger partial charge < -0.3 is 0 Å². The Hall–Kier alpha value is -2.18. The van der Waals surface area contributed by atoms with Crippen LogP contribution in [0, 0.1) is 0 Å². The Morgan fingerprint density at radius 1 is 1.13 bits per heavy atom. The molecular formula is C17H19N3O2S. The minimum atomic E-state index is -0.310. The molecule has 0 unspecified atom stereocenters. The SMILES string of the molecule is O=C(CN1CCC[C@@H]1c1cccs1)NNC(=O)c1ccccc1. The third-order valence-electron chi connectivity index (χ3n) is 3.93. The van der Waals surface area contributed by atoms with Crippen LogP contribution in [0.3, 0.4) is 0 Å². The number of hydrogen-bond donors (Lipinski definition) is 2. The maximum absolute atomic E-state index is 12.1. The quantitative estimate of drug-likeness (QED) is 0.847. The van der Waals surface area contributed by atoms with Gasteiger partial charge in [-0.15, -0.1) is 11.3 Å². The van der Waals surface area contributed by atoms with Crippen LogP contribution in [0.2, 0.25) is 0 Å².